The summed E-state index contributed by atoms with van der Waals surface area (Å²) in [5, 5.41) is 0. The van der Waals surface area contributed by atoms with Gasteiger partial charge in [0.15, 0.2) is 0 Å². The average molecular weight is 302 g/mol. The molecule has 0 aromatic carbocycles. The molecule has 0 atom stereocenters. The standard InChI is InChI=1S/2Mn.2H2O4S/c;;2*1-5(2,3)4/h;;2*(H2,1,2,3,4)/q2*+2;;/p-4. The van der Waals surface area contributed by atoms with Gasteiger partial charge in [0.2, 0.25) is 0 Å². The second kappa shape index (κ2) is 8.38. The quantitative estimate of drug-likeness (QED) is 0.265. The Morgan fingerprint density at radius 1 is 0.583 bits per heavy atom. The van der Waals surface area contributed by atoms with Crippen molar-refractivity contribution >= 4 is 20.8 Å². The van der Waals surface area contributed by atoms with E-state index in [9.17, 15) is 0 Å². The van der Waals surface area contributed by atoms with Crippen LogP contribution in [0.15, 0.2) is 0 Å². The summed E-state index contributed by atoms with van der Waals surface area (Å²) in [5.74, 6) is 0. The molecule has 0 aliphatic rings. The van der Waals surface area contributed by atoms with Gasteiger partial charge >= 0.3 is 34.1 Å². The second-order valence-electron chi connectivity index (χ2n) is 0.816. The fraction of sp³-hybridized carbons (Fsp3) is 0. The van der Waals surface area contributed by atoms with E-state index in [1.165, 1.54) is 0 Å². The molecule has 0 aromatic heterocycles. The predicted molar refractivity (Wildman–Crippen MR) is 20.9 cm³/mol. The molecule has 0 heterocycles. The van der Waals surface area contributed by atoms with Gasteiger partial charge in [0, 0.05) is 20.8 Å². The Kier molecular flexibility index (Phi) is 16.1. The van der Waals surface area contributed by atoms with Crippen LogP contribution < -0.4 is 0 Å². The molecule has 0 rings (SSSR count). The van der Waals surface area contributed by atoms with Crippen LogP contribution in [-0.2, 0) is 54.9 Å². The first-order valence-corrected chi connectivity index (χ1v) is 4.00. The van der Waals surface area contributed by atoms with Gasteiger partial charge in [-0.2, -0.15) is 0 Å². The average Bonchev–Trinajstić information content (AvgIpc) is 1.12. The number of rotatable bonds is 0. The van der Waals surface area contributed by atoms with Crippen LogP contribution in [0.25, 0.3) is 0 Å². The Hall–Kier alpha value is 0.779. The minimum absolute atomic E-state index is 0. The molecule has 12 heteroatoms. The third-order valence-corrected chi connectivity index (χ3v) is 0. The fourth-order valence-corrected chi connectivity index (χ4v) is 0. The van der Waals surface area contributed by atoms with Gasteiger partial charge in [0.1, 0.15) is 0 Å². The Labute approximate surface area is 89.8 Å². The Balaban J connectivity index is -0.0000000457. The van der Waals surface area contributed by atoms with Gasteiger partial charge in [0.25, 0.3) is 0 Å². The van der Waals surface area contributed by atoms with Crippen LogP contribution in [0.2, 0.25) is 0 Å². The van der Waals surface area contributed by atoms with E-state index in [1.54, 1.807) is 0 Å². The summed E-state index contributed by atoms with van der Waals surface area (Å²) >= 11 is 0. The van der Waals surface area contributed by atoms with Crippen molar-refractivity contribution in [3.63, 3.8) is 0 Å². The van der Waals surface area contributed by atoms with Crippen LogP contribution in [-0.4, -0.2) is 35.0 Å². The summed E-state index contributed by atoms with van der Waals surface area (Å²) in [6.45, 7) is 0. The van der Waals surface area contributed by atoms with E-state index in [0.29, 0.717) is 0 Å². The van der Waals surface area contributed by atoms with Crippen molar-refractivity contribution in [2.75, 3.05) is 0 Å². The third-order valence-electron chi connectivity index (χ3n) is 0. The smallest absolute Gasteiger partial charge is 0.759 e. The van der Waals surface area contributed by atoms with Gasteiger partial charge in [-0.25, -0.2) is 0 Å². The SMILES string of the molecule is O=S(=O)([O-])[O-].O=S(=O)([O-])[O-].[Mn+2].[Mn+2]. The zero-order valence-corrected chi connectivity index (χ0v) is 8.83. The van der Waals surface area contributed by atoms with Crippen LogP contribution in [0.3, 0.4) is 0 Å². The molecule has 0 saturated heterocycles. The predicted octanol–water partition coefficient (Wildman–Crippen LogP) is -2.68. The molecule has 0 spiro atoms. The van der Waals surface area contributed by atoms with Gasteiger partial charge in [-0.05, 0) is 0 Å². The molecule has 2 radical (unpaired) electrons. The Morgan fingerprint density at radius 3 is 0.583 bits per heavy atom. The zero-order chi connectivity index (χ0) is 9.00. The van der Waals surface area contributed by atoms with E-state index in [1.807, 2.05) is 0 Å². The molecule has 0 unspecified atom stereocenters. The minimum atomic E-state index is -5.17. The minimum Gasteiger partial charge on any atom is -0.759 e. The first kappa shape index (κ1) is 23.0. The summed E-state index contributed by atoms with van der Waals surface area (Å²) < 4.78 is 68.2. The van der Waals surface area contributed by atoms with E-state index in [0.717, 1.165) is 0 Å². The number of hydrogen-bond donors (Lipinski definition) is 0. The first-order chi connectivity index (χ1) is 4.00. The molecular formula is Mn2O8S2. The molecule has 0 aliphatic carbocycles. The molecule has 0 aliphatic heterocycles. The first-order valence-electron chi connectivity index (χ1n) is 1.33. The molecular weight excluding hydrogens is 302 g/mol. The molecule has 0 bridgehead atoms. The van der Waals surface area contributed by atoms with Gasteiger partial charge < -0.3 is 18.2 Å². The van der Waals surface area contributed by atoms with Crippen molar-refractivity contribution in [1.29, 1.82) is 0 Å². The Bertz CT molecular complexity index is 211. The van der Waals surface area contributed by atoms with E-state index in [-0.39, 0.29) is 34.1 Å². The second-order valence-corrected chi connectivity index (χ2v) is 2.45. The van der Waals surface area contributed by atoms with E-state index >= 15 is 0 Å². The molecule has 12 heavy (non-hydrogen) atoms. The van der Waals surface area contributed by atoms with Crippen LogP contribution in [0, 0.1) is 0 Å². The molecule has 0 saturated carbocycles. The van der Waals surface area contributed by atoms with Crippen LogP contribution in [0.5, 0.6) is 0 Å². The molecule has 0 amide bonds. The summed E-state index contributed by atoms with van der Waals surface area (Å²) in [6.07, 6.45) is 0. The maximum atomic E-state index is 8.52. The maximum Gasteiger partial charge on any atom is 2.00 e. The molecule has 8 nitrogen and oxygen atoms in total. The van der Waals surface area contributed by atoms with Crippen molar-refractivity contribution in [1.82, 2.24) is 0 Å². The van der Waals surface area contributed by atoms with Crippen molar-refractivity contribution in [2.45, 2.75) is 0 Å². The van der Waals surface area contributed by atoms with E-state index in [2.05, 4.69) is 0 Å². The normalized spacial score (nSPS) is 9.67. The van der Waals surface area contributed by atoms with E-state index < -0.39 is 20.8 Å². The number of hydrogen-bond acceptors (Lipinski definition) is 8. The summed E-state index contributed by atoms with van der Waals surface area (Å²) in [6, 6.07) is 0. The summed E-state index contributed by atoms with van der Waals surface area (Å²) in [4.78, 5) is 0. The Morgan fingerprint density at radius 2 is 0.583 bits per heavy atom. The van der Waals surface area contributed by atoms with Gasteiger partial charge in [-0.3, -0.25) is 16.8 Å². The van der Waals surface area contributed by atoms with Gasteiger partial charge in [-0.1, -0.05) is 0 Å². The zero-order valence-electron chi connectivity index (χ0n) is 4.84. The molecule has 0 N–H and O–H groups in total. The maximum absolute atomic E-state index is 8.52. The van der Waals surface area contributed by atoms with Crippen LogP contribution >= 0.6 is 0 Å². The largest absolute Gasteiger partial charge is 2.00 e. The summed E-state index contributed by atoms with van der Waals surface area (Å²) in [5.41, 5.74) is 0. The van der Waals surface area contributed by atoms with Crippen molar-refractivity contribution in [2.24, 2.45) is 0 Å². The molecule has 74 valence electrons. The molecule has 0 fully saturated rings. The van der Waals surface area contributed by atoms with Gasteiger partial charge in [-0.15, -0.1) is 0 Å². The van der Waals surface area contributed by atoms with Crippen molar-refractivity contribution < 1.29 is 69.2 Å². The molecule has 0 aromatic rings. The van der Waals surface area contributed by atoms with Gasteiger partial charge in [0.05, 0.1) is 0 Å². The fourth-order valence-electron chi connectivity index (χ4n) is 0. The van der Waals surface area contributed by atoms with Crippen molar-refractivity contribution in [3.8, 4) is 0 Å². The van der Waals surface area contributed by atoms with Crippen molar-refractivity contribution in [3.05, 3.63) is 0 Å². The monoisotopic (exact) mass is 302 g/mol. The topological polar surface area (TPSA) is 161 Å². The van der Waals surface area contributed by atoms with Crippen LogP contribution in [0.4, 0.5) is 0 Å². The van der Waals surface area contributed by atoms with Crippen LogP contribution in [0.1, 0.15) is 0 Å². The third kappa shape index (κ3) is 1700. The van der Waals surface area contributed by atoms with E-state index in [4.69, 9.17) is 35.0 Å². The summed E-state index contributed by atoms with van der Waals surface area (Å²) in [7, 11) is -10.3.